The summed E-state index contributed by atoms with van der Waals surface area (Å²) in [4.78, 5) is 0. The molecule has 0 heterocycles. The van der Waals surface area contributed by atoms with Crippen molar-refractivity contribution in [1.82, 2.24) is 0 Å². The zero-order chi connectivity index (χ0) is 273. The Morgan fingerprint density at radius 3 is 1.19 bits per heavy atom. The Balaban J connectivity index is -0.0000000163. The normalized spacial score (nSPS) is 18.4. The lowest BCUT2D eigenvalue weighted by molar-refractivity contribution is 0.128. The molecule has 0 bridgehead atoms. The van der Waals surface area contributed by atoms with E-state index in [-0.39, 0.29) is 122 Å². The van der Waals surface area contributed by atoms with Crippen LogP contribution in [0.25, 0.3) is 0 Å². The molecule has 0 saturated heterocycles. The number of rotatable bonds is 33. The molecule has 0 aromatic heterocycles. The summed E-state index contributed by atoms with van der Waals surface area (Å²) in [6.45, 7) is 31.5. The van der Waals surface area contributed by atoms with E-state index >= 15 is 0 Å². The molecule has 0 amide bonds. The summed E-state index contributed by atoms with van der Waals surface area (Å²) in [6, 6.07) is 39.0. The van der Waals surface area contributed by atoms with E-state index in [0.29, 0.717) is 80.6 Å². The Kier molecular flexibility index (Phi) is 17.1. The number of para-hydroxylation sites is 2. The van der Waals surface area contributed by atoms with Crippen LogP contribution >= 0.6 is 11.6 Å². The lowest BCUT2D eigenvalue weighted by Crippen LogP contribution is -2.17. The molecule has 828 valence electrons. The summed E-state index contributed by atoms with van der Waals surface area (Å²) < 4.78 is 1020. The standard InChI is InChI=1S/C15H24O2.C15H20O2.C14H17ClO2.C14H17FO2.C14H21FO2.C14H17FO2.C12H13FO2.94H2/c2*1-4-12(2)9-10-14-7-5-6-8-15(14)17-13(3)11-16;2*1-3-11(2)4-5-12-6-7-13(15)10-14(12)17-9-8-16;2*1-3-11(2)7-8-12-13(15)5-4-6-14(12)17-10-9-16;1-2-3-4-10-5-6-11(13)9-12(10)15-8-7-14;;;;;;;;;;;;;;;;;;;;;;;;;;;;;;;;;;;;;;;;;;;;;;;;;;;;;;;;;;;;;;;;;;;;;;;;;;;;;;;;;;;;;;;;;;;;;;/h5-8,12-13,16H,4,9-11H2,1-3H3;5-8,12-13,16H,4,11H2,1-3H3;2*6-7,10-11,16H,3,8-9H2,1-2H3;4-6,11,16H,3,7-10H2,1-2H3;4-6,11,16H,3,9-10H2,1-2H3;5-6,9,14H,2,7-8H2,1H3;94*1H/i;;;;;;;93*1+2T;1+2. The SMILES string of the molecule is CCC#Cc1ccc(F)cc1OCCO.CCC(C)C#Cc1c(F)cccc1OCCO.CCC(C)C#Cc1ccc(Cl)cc1OCCO.CCC(C)C#Cc1ccc(F)cc1OCCO.CCC(C)C#Cc1ccccc1OC(C)CO.CCC(C)CCc1c(F)cccc1OCCO.CCC(C)CCc1ccccc1OC(C)CO.[3HH].[3H][3H].[3H][3H].[3H][3H].[3H][3H].[3H][3H].[3H][3H].[3H][3H].[3H][3H].[3H][3H].[3H][3H].[3H][3H].[3H][3H].[3H][3H].[3H][3H].[3H][3H].[3H][3H].[3H][3H].[3H][3H].[3H][3H].[3H][3H].[3H][3H].[3H][3H].[3H][3H].[3H][3H].[3H][3H].[3H][3H].[3H][3H].[3H][3H].[3H][3H].[3H][3H].[3H][3H].[3H][3H].[3H][3H].[3H][3H].[3H][3H].[3H][3H].[3H][3H].[3H][3H].[3H][3H].[3H][3H].[3H][3H].[3H][3H].[3H][3H].[3H][3H].[3H][3H].[3H][3H].[3H][3H].[3H][3H].[3H][3H].[3H][3H].[3H][3H].[3H][3H].[3H][3H].[3H][3H].[3H][3H].[3H][3H].[3H][3H].[3H][3H].[3H][3H].[3H][3H].[3H][3H].[3H][3H].[3H][3H].[3H][3H].[3H][3H].[3H][3H].[3H][3H].[3H][3H].[3H][3H].[3H][3H].[3H][3H].[3H][3H].[3H][3H].[3H][3H].[3H][3H].[3H][3H].[3H][3H].[3H][3H].[3H][3H].[3H][3H].[3H][3H].[3H][3H].[3H][3H].[3H][3H].[3H][3H].[3H][3H].[3H][3H].[3H][3H].[3H][3H].[3H][3H].[3H][3H].[3H][3H].[3H][3H]. The molecule has 117 heavy (non-hydrogen) atoms. The molecule has 0 aliphatic rings. The predicted octanol–water partition coefficient (Wildman–Crippen LogP) is 42.8. The molecule has 0 saturated carbocycles. The second-order valence-electron chi connectivity index (χ2n) is 27.5. The van der Waals surface area contributed by atoms with Crippen molar-refractivity contribution in [3.8, 4) is 99.5 Å². The molecule has 19 heteroatoms. The average molecular weight is 2210 g/mol. The topological polar surface area (TPSA) is 206 Å². The maximum absolute atomic E-state index is 13.7. The van der Waals surface area contributed by atoms with Crippen molar-refractivity contribution in [3.05, 3.63) is 207 Å². The Bertz CT molecular complexity index is 4390. The van der Waals surface area contributed by atoms with Crippen molar-refractivity contribution in [3.63, 3.8) is 0 Å². The fourth-order valence-corrected chi connectivity index (χ4v) is 9.36. The minimum Gasteiger partial charge on any atom is -0.491 e. The molecule has 0 aliphatic carbocycles. The van der Waals surface area contributed by atoms with Gasteiger partial charge in [0, 0.05) is 336 Å². The van der Waals surface area contributed by atoms with Crippen LogP contribution in [0.3, 0.4) is 0 Å². The number of ether oxygens (including phenoxy) is 7. The average Bonchev–Trinajstić information content (AvgIpc) is 0.851. The van der Waals surface area contributed by atoms with Gasteiger partial charge in [-0.2, -0.15) is 0 Å². The Morgan fingerprint density at radius 2 is 0.735 bits per heavy atom. The van der Waals surface area contributed by atoms with Crippen molar-refractivity contribution >= 4 is 11.6 Å². The van der Waals surface area contributed by atoms with E-state index in [1.54, 1.807) is 48.5 Å². The summed E-state index contributed by atoms with van der Waals surface area (Å²) in [5.41, 5.74) is 5.12. The number of hydrogen-bond donors (Lipinski definition) is 7. The van der Waals surface area contributed by atoms with Crippen LogP contribution in [0.4, 0.5) is 17.6 Å². The highest BCUT2D eigenvalue weighted by Crippen LogP contribution is 2.29. The molecule has 7 aromatic carbocycles. The quantitative estimate of drug-likeness (QED) is 0.0151. The van der Waals surface area contributed by atoms with Gasteiger partial charge in [-0.05, 0) is 161 Å². The van der Waals surface area contributed by atoms with Gasteiger partial charge in [0.25, 0.3) is 0 Å². The van der Waals surface area contributed by atoms with Crippen LogP contribution in [0.15, 0.2) is 140 Å². The highest BCUT2D eigenvalue weighted by molar-refractivity contribution is 6.30. The summed E-state index contributed by atoms with van der Waals surface area (Å²) in [6.07, 6.45) is 10.5. The fraction of sp³-hybridized carbons (Fsp3) is 0.469. The first kappa shape index (κ1) is 30.4. The molecule has 0 spiro atoms. The smallest absolute Gasteiger partial charge is 0.142 e. The fourth-order valence-electron chi connectivity index (χ4n) is 9.19. The number of benzene rings is 7. The van der Waals surface area contributed by atoms with Crippen LogP contribution in [-0.2, 0) is 12.8 Å². The summed E-state index contributed by atoms with van der Waals surface area (Å²) in [7, 11) is 0. The maximum atomic E-state index is 13.7. The zero-order valence-corrected chi connectivity index (χ0v) is 72.3. The minimum atomic E-state index is -0.392. The number of aryl methyl sites for hydroxylation is 1. The van der Waals surface area contributed by atoms with Crippen LogP contribution in [0, 0.1) is 118 Å². The molecular weight excluding hydrogens is 1510 g/mol. The van der Waals surface area contributed by atoms with E-state index in [1.807, 2.05) is 90.1 Å². The van der Waals surface area contributed by atoms with E-state index in [4.69, 9.17) is 357 Å². The molecule has 0 aliphatic heterocycles. The predicted molar refractivity (Wildman–Crippen MR) is 664 cm³/mol. The molecule has 8 atom stereocenters. The van der Waals surface area contributed by atoms with Crippen molar-refractivity contribution in [2.75, 3.05) is 79.3 Å². The molecule has 8 unspecified atom stereocenters. The zero-order valence-electron chi connectivity index (χ0n) is 258. The minimum absolute atomic E-state index is 0. The van der Waals surface area contributed by atoms with Crippen molar-refractivity contribution in [1.29, 1.82) is 0 Å². The second kappa shape index (κ2) is 65.7. The summed E-state index contributed by atoms with van der Waals surface area (Å²) in [5, 5.41) is 62.1. The molecule has 14 nitrogen and oxygen atoms in total. The van der Waals surface area contributed by atoms with Gasteiger partial charge in [-0.25, -0.2) is 17.6 Å². The van der Waals surface area contributed by atoms with E-state index in [1.165, 1.54) is 54.8 Å². The maximum Gasteiger partial charge on any atom is 0.142 e. The van der Waals surface area contributed by atoms with Gasteiger partial charge in [0.15, 0.2) is 0 Å². The number of aliphatic hydroxyl groups is 7. The highest BCUT2D eigenvalue weighted by Gasteiger charge is 2.14. The number of hydrogen-bond acceptors (Lipinski definition) is 14. The van der Waals surface area contributed by atoms with Gasteiger partial charge in [0.1, 0.15) is 114 Å². The third kappa shape index (κ3) is 47.0. The molecule has 0 fully saturated rings. The van der Waals surface area contributed by atoms with Crippen LogP contribution in [0.1, 0.15) is 478 Å². The monoisotopic (exact) mass is 2210 g/mol. The van der Waals surface area contributed by atoms with Crippen LogP contribution < -0.4 is 33.2 Å². The second-order valence-corrected chi connectivity index (χ2v) is 27.9. The largest absolute Gasteiger partial charge is 0.491 e. The van der Waals surface area contributed by atoms with Crippen LogP contribution in [0.2, 0.25) is 5.02 Å². The van der Waals surface area contributed by atoms with Crippen molar-refractivity contribution < 1.29 is 364 Å². The first-order valence-electron chi connectivity index (χ1n) is 134. The van der Waals surface area contributed by atoms with Gasteiger partial charge in [-0.3, -0.25) is 0 Å². The number of aliphatic hydroxyl groups excluding tert-OH is 7. The Morgan fingerprint density at radius 1 is 0.368 bits per heavy atom. The van der Waals surface area contributed by atoms with Gasteiger partial charge in [-0.1, -0.05) is 216 Å². The van der Waals surface area contributed by atoms with Gasteiger partial charge >= 0.3 is 0 Å². The molecule has 7 aromatic rings. The van der Waals surface area contributed by atoms with E-state index in [9.17, 15) is 17.6 Å². The van der Waals surface area contributed by atoms with E-state index in [0.717, 1.165) is 79.9 Å². The molecule has 7 rings (SSSR count). The van der Waals surface area contributed by atoms with Crippen molar-refractivity contribution in [2.45, 2.75) is 187 Å². The summed E-state index contributed by atoms with van der Waals surface area (Å²) in [5.74, 6) is 35.4. The number of halogens is 5. The Labute approximate surface area is 990 Å². The molecule has 0 radical (unpaired) electrons. The lowest BCUT2D eigenvalue weighted by Gasteiger charge is -2.16. The van der Waals surface area contributed by atoms with Crippen molar-refractivity contribution in [2.24, 2.45) is 35.5 Å². The van der Waals surface area contributed by atoms with Crippen LogP contribution in [-0.4, -0.2) is 127 Å². The van der Waals surface area contributed by atoms with Gasteiger partial charge in [0.2, 0.25) is 0 Å². The molecular formula is C98H317ClF4O14. The van der Waals surface area contributed by atoms with Gasteiger partial charge in [-0.15, -0.1) is 0 Å². The summed E-state index contributed by atoms with van der Waals surface area (Å²) >= 11 is 5.90. The van der Waals surface area contributed by atoms with E-state index in [2.05, 4.69) is 128 Å². The van der Waals surface area contributed by atoms with E-state index < -0.39 is 5.82 Å². The third-order valence-corrected chi connectivity index (χ3v) is 17.7. The Hall–Kier alpha value is -9.33. The van der Waals surface area contributed by atoms with Crippen LogP contribution in [0.5, 0.6) is 40.2 Å². The van der Waals surface area contributed by atoms with Gasteiger partial charge < -0.3 is 68.9 Å². The first-order valence-corrected chi connectivity index (χ1v) is 41.1. The van der Waals surface area contributed by atoms with Gasteiger partial charge in [0.05, 0.1) is 68.5 Å². The highest BCUT2D eigenvalue weighted by atomic mass is 35.5. The molecule has 7 N–H and O–H groups in total. The third-order valence-electron chi connectivity index (χ3n) is 17.5. The first-order chi connectivity index (χ1) is 149. The lowest BCUT2D eigenvalue weighted by atomic mass is 9.98.